The van der Waals surface area contributed by atoms with Crippen molar-refractivity contribution in [3.63, 3.8) is 0 Å². The molecule has 7 rings (SSSR count). The first-order valence-electron chi connectivity index (χ1n) is 15.3. The second kappa shape index (κ2) is 11.6. The Bertz CT molecular complexity index is 1830. The fourth-order valence-corrected chi connectivity index (χ4v) is 6.61. The zero-order chi connectivity index (χ0) is 30.1. The number of aldehydes is 1. The first-order chi connectivity index (χ1) is 21.5. The summed E-state index contributed by atoms with van der Waals surface area (Å²) in [6.45, 7) is 4.27. The van der Waals surface area contributed by atoms with Gasteiger partial charge in [0.05, 0.1) is 5.69 Å². The Balaban J connectivity index is 1.18. The molecule has 1 aromatic heterocycles. The highest BCUT2D eigenvalue weighted by Gasteiger charge is 2.38. The lowest BCUT2D eigenvalue weighted by molar-refractivity contribution is -0.108. The number of hydrogen-bond donors (Lipinski definition) is 0. The van der Waals surface area contributed by atoms with Crippen molar-refractivity contribution in [2.24, 2.45) is 0 Å². The summed E-state index contributed by atoms with van der Waals surface area (Å²) in [5.41, 5.74) is 4.42. The van der Waals surface area contributed by atoms with Crippen molar-refractivity contribution in [3.8, 4) is 28.6 Å². The number of imidazole rings is 1. The van der Waals surface area contributed by atoms with Gasteiger partial charge in [0.15, 0.2) is 11.5 Å². The number of aryl methyl sites for hydroxylation is 1. The van der Waals surface area contributed by atoms with E-state index in [1.54, 1.807) is 0 Å². The number of fused-ring (bicyclic) bond motifs is 2. The molecule has 0 radical (unpaired) electrons. The number of likely N-dealkylation sites (tertiary alicyclic amines) is 1. The normalized spacial score (nSPS) is 15.7. The van der Waals surface area contributed by atoms with Gasteiger partial charge in [-0.15, -0.1) is 0 Å². The molecule has 1 saturated heterocycles. The van der Waals surface area contributed by atoms with E-state index in [2.05, 4.69) is 55.5 Å². The topological polar surface area (TPSA) is 73.7 Å². The van der Waals surface area contributed by atoms with E-state index >= 15 is 0 Å². The van der Waals surface area contributed by atoms with Crippen LogP contribution in [0.2, 0.25) is 0 Å². The molecule has 1 amide bonds. The maximum absolute atomic E-state index is 14.0. The van der Waals surface area contributed by atoms with Crippen LogP contribution >= 0.6 is 0 Å². The summed E-state index contributed by atoms with van der Waals surface area (Å²) >= 11 is 0. The Hall–Kier alpha value is -4.91. The zero-order valence-corrected chi connectivity index (χ0v) is 24.9. The van der Waals surface area contributed by atoms with Gasteiger partial charge in [0, 0.05) is 37.3 Å². The molecule has 0 saturated carbocycles. The predicted octanol–water partition coefficient (Wildman–Crippen LogP) is 6.93. The molecule has 2 aliphatic rings. The highest BCUT2D eigenvalue weighted by molar-refractivity contribution is 5.93. The highest BCUT2D eigenvalue weighted by Crippen LogP contribution is 2.41. The van der Waals surface area contributed by atoms with Crippen LogP contribution in [0.1, 0.15) is 47.3 Å². The molecule has 2 aliphatic heterocycles. The predicted molar refractivity (Wildman–Crippen MR) is 171 cm³/mol. The van der Waals surface area contributed by atoms with Gasteiger partial charge < -0.3 is 19.2 Å². The zero-order valence-electron chi connectivity index (χ0n) is 24.9. The second-order valence-corrected chi connectivity index (χ2v) is 11.9. The Labute approximate surface area is 257 Å². The van der Waals surface area contributed by atoms with E-state index in [1.165, 1.54) is 16.3 Å². The minimum atomic E-state index is -0.153. The molecule has 0 unspecified atom stereocenters. The number of carbonyl (C=O) groups excluding carboxylic acids is 2. The van der Waals surface area contributed by atoms with Crippen molar-refractivity contribution in [3.05, 3.63) is 108 Å². The maximum Gasteiger partial charge on any atom is 0.274 e. The van der Waals surface area contributed by atoms with E-state index in [4.69, 9.17) is 14.5 Å². The molecule has 0 N–H and O–H groups in total. The van der Waals surface area contributed by atoms with Gasteiger partial charge in [0.25, 0.3) is 5.91 Å². The first-order valence-corrected chi connectivity index (χ1v) is 15.3. The standard InChI is InChI=1S/C37H35N3O4/c1-26-7-9-28(10-8-26)35-38-32(25-40(35)31-13-14-33-34(24-31)44-22-21-43-33)36(42)39-18-16-37(17-19-39,15-4-20-41)30-12-11-27-5-2-3-6-29(27)23-30/h2-3,5-14,20,23-25H,4,15-19,21-22H2,1H3. The van der Waals surface area contributed by atoms with Crippen LogP contribution < -0.4 is 9.47 Å². The minimum absolute atomic E-state index is 0.0860. The second-order valence-electron chi connectivity index (χ2n) is 11.9. The molecular formula is C37H35N3O4. The number of amides is 1. The van der Waals surface area contributed by atoms with E-state index in [0.29, 0.717) is 55.7 Å². The molecule has 7 heteroatoms. The van der Waals surface area contributed by atoms with Crippen molar-refractivity contribution in [2.75, 3.05) is 26.3 Å². The fourth-order valence-electron chi connectivity index (χ4n) is 6.61. The van der Waals surface area contributed by atoms with Crippen LogP contribution in [0, 0.1) is 6.92 Å². The Kier molecular flexibility index (Phi) is 7.38. The third-order valence-corrected chi connectivity index (χ3v) is 9.15. The van der Waals surface area contributed by atoms with Crippen molar-refractivity contribution in [2.45, 2.75) is 38.0 Å². The number of aromatic nitrogens is 2. The van der Waals surface area contributed by atoms with Crippen LogP contribution in [0.15, 0.2) is 91.1 Å². The van der Waals surface area contributed by atoms with Gasteiger partial charge in [-0.1, -0.05) is 72.3 Å². The summed E-state index contributed by atoms with van der Waals surface area (Å²) in [6.07, 6.45) is 5.70. The first kappa shape index (κ1) is 27.9. The number of piperidine rings is 1. The van der Waals surface area contributed by atoms with Crippen molar-refractivity contribution in [1.82, 2.24) is 14.5 Å². The highest BCUT2D eigenvalue weighted by atomic mass is 16.6. The molecule has 3 heterocycles. The van der Waals surface area contributed by atoms with Crippen LogP contribution in [0.3, 0.4) is 0 Å². The summed E-state index contributed by atoms with van der Waals surface area (Å²) in [7, 11) is 0. The van der Waals surface area contributed by atoms with E-state index in [-0.39, 0.29) is 11.3 Å². The molecule has 0 spiro atoms. The van der Waals surface area contributed by atoms with Crippen molar-refractivity contribution in [1.29, 1.82) is 0 Å². The molecule has 0 atom stereocenters. The van der Waals surface area contributed by atoms with Gasteiger partial charge in [-0.25, -0.2) is 4.98 Å². The van der Waals surface area contributed by atoms with Crippen LogP contribution in [0.5, 0.6) is 11.5 Å². The minimum Gasteiger partial charge on any atom is -0.486 e. The number of rotatable bonds is 7. The summed E-state index contributed by atoms with van der Waals surface area (Å²) < 4.78 is 13.5. The Morgan fingerprint density at radius 2 is 1.64 bits per heavy atom. The number of benzene rings is 4. The van der Waals surface area contributed by atoms with Gasteiger partial charge in [-0.2, -0.15) is 0 Å². The molecule has 44 heavy (non-hydrogen) atoms. The lowest BCUT2D eigenvalue weighted by Crippen LogP contribution is -2.45. The summed E-state index contributed by atoms with van der Waals surface area (Å²) in [5.74, 6) is 2.00. The summed E-state index contributed by atoms with van der Waals surface area (Å²) in [5, 5.41) is 2.40. The SMILES string of the molecule is Cc1ccc(-c2nc(C(=O)N3CCC(CCC=O)(c4ccc5ccccc5c4)CC3)cn2-c2ccc3c(c2)OCCO3)cc1. The number of carbonyl (C=O) groups is 2. The molecule has 0 aliphatic carbocycles. The molecule has 1 fully saturated rings. The molecular weight excluding hydrogens is 550 g/mol. The van der Waals surface area contributed by atoms with E-state index < -0.39 is 0 Å². The lowest BCUT2D eigenvalue weighted by Gasteiger charge is -2.42. The van der Waals surface area contributed by atoms with E-state index in [9.17, 15) is 9.59 Å². The van der Waals surface area contributed by atoms with Gasteiger partial charge in [0.2, 0.25) is 0 Å². The molecule has 7 nitrogen and oxygen atoms in total. The number of nitrogens with zero attached hydrogens (tertiary/aromatic N) is 3. The van der Waals surface area contributed by atoms with Crippen LogP contribution in [-0.4, -0.2) is 52.9 Å². The van der Waals surface area contributed by atoms with Crippen molar-refractivity contribution < 1.29 is 19.1 Å². The maximum atomic E-state index is 14.0. The van der Waals surface area contributed by atoms with E-state index in [0.717, 1.165) is 42.4 Å². The van der Waals surface area contributed by atoms with Gasteiger partial charge in [0.1, 0.15) is 31.0 Å². The summed E-state index contributed by atoms with van der Waals surface area (Å²) in [6, 6.07) is 29.0. The third-order valence-electron chi connectivity index (χ3n) is 9.15. The van der Waals surface area contributed by atoms with E-state index in [1.807, 2.05) is 52.1 Å². The van der Waals surface area contributed by atoms with Gasteiger partial charge in [-0.05, 0) is 60.1 Å². The smallest absolute Gasteiger partial charge is 0.274 e. The van der Waals surface area contributed by atoms with Crippen molar-refractivity contribution >= 4 is 23.0 Å². The van der Waals surface area contributed by atoms with Crippen LogP contribution in [0.25, 0.3) is 27.8 Å². The Morgan fingerprint density at radius 1 is 0.886 bits per heavy atom. The van der Waals surface area contributed by atoms with Gasteiger partial charge >= 0.3 is 0 Å². The number of ether oxygens (including phenoxy) is 2. The fraction of sp³-hybridized carbons (Fsp3) is 0.270. The third kappa shape index (κ3) is 5.23. The van der Waals surface area contributed by atoms with Gasteiger partial charge in [-0.3, -0.25) is 9.36 Å². The average Bonchev–Trinajstić information content (AvgIpc) is 3.53. The van der Waals surface area contributed by atoms with Crippen LogP contribution in [-0.2, 0) is 10.2 Å². The average molecular weight is 586 g/mol. The molecule has 4 aromatic carbocycles. The largest absolute Gasteiger partial charge is 0.486 e. The molecule has 222 valence electrons. The lowest BCUT2D eigenvalue weighted by atomic mass is 9.69. The molecule has 0 bridgehead atoms. The van der Waals surface area contributed by atoms with Crippen LogP contribution in [0.4, 0.5) is 0 Å². The number of hydrogen-bond acceptors (Lipinski definition) is 5. The quantitative estimate of drug-likeness (QED) is 0.194. The Morgan fingerprint density at radius 3 is 2.41 bits per heavy atom. The monoisotopic (exact) mass is 585 g/mol. The summed E-state index contributed by atoms with van der Waals surface area (Å²) in [4.78, 5) is 32.3. The molecule has 5 aromatic rings.